The summed E-state index contributed by atoms with van der Waals surface area (Å²) in [6.07, 6.45) is -5.11. The van der Waals surface area contributed by atoms with Crippen LogP contribution >= 0.6 is 22.9 Å². The van der Waals surface area contributed by atoms with Crippen LogP contribution in [0.5, 0.6) is 17.4 Å². The van der Waals surface area contributed by atoms with Crippen LogP contribution in [0.4, 0.5) is 26.3 Å². The Morgan fingerprint density at radius 1 is 0.984 bits per heavy atom. The first kappa shape index (κ1) is 43.7. The highest BCUT2D eigenvalue weighted by Crippen LogP contribution is 2.50. The molecular weight excluding hydrogens is 854 g/mol. The molecule has 0 saturated carbocycles. The number of carbonyl (C=O) groups is 1. The van der Waals surface area contributed by atoms with E-state index in [1.165, 1.54) is 37.3 Å². The lowest BCUT2D eigenvalue weighted by atomic mass is 9.97. The molecule has 12 nitrogen and oxygen atoms in total. The van der Waals surface area contributed by atoms with Crippen LogP contribution < -0.4 is 14.2 Å². The van der Waals surface area contributed by atoms with E-state index in [-0.39, 0.29) is 33.3 Å². The summed E-state index contributed by atoms with van der Waals surface area (Å²) in [7, 11) is 2.07. The number of para-hydroxylation sites is 1. The van der Waals surface area contributed by atoms with E-state index in [0.29, 0.717) is 45.2 Å². The number of aromatic nitrogens is 4. The van der Waals surface area contributed by atoms with E-state index in [1.54, 1.807) is 19.1 Å². The molecule has 0 radical (unpaired) electrons. The highest BCUT2D eigenvalue weighted by Gasteiger charge is 2.51. The molecule has 1 fully saturated rings. The van der Waals surface area contributed by atoms with Crippen molar-refractivity contribution in [2.45, 2.75) is 45.2 Å². The molecule has 0 aliphatic carbocycles. The molecule has 20 heteroatoms. The lowest BCUT2D eigenvalue weighted by Crippen LogP contribution is -2.45. The van der Waals surface area contributed by atoms with Crippen molar-refractivity contribution in [3.63, 3.8) is 0 Å². The van der Waals surface area contributed by atoms with Gasteiger partial charge in [0.1, 0.15) is 48.2 Å². The Hall–Kier alpha value is -5.37. The fraction of sp³-hybridized carbons (Fsp3) is 0.366. The topological polar surface area (TPSA) is 117 Å². The van der Waals surface area contributed by atoms with Crippen LogP contribution in [0.25, 0.3) is 32.0 Å². The Kier molecular flexibility index (Phi) is 13.1. The Morgan fingerprint density at radius 3 is 2.48 bits per heavy atom. The number of fused-ring (bicyclic) bond motifs is 1. The van der Waals surface area contributed by atoms with Crippen molar-refractivity contribution >= 4 is 39.1 Å². The van der Waals surface area contributed by atoms with Crippen molar-refractivity contribution in [1.29, 1.82) is 0 Å². The van der Waals surface area contributed by atoms with Crippen molar-refractivity contribution in [1.82, 2.24) is 29.5 Å². The number of piperazine rings is 1. The van der Waals surface area contributed by atoms with Crippen LogP contribution in [-0.2, 0) is 28.6 Å². The molecule has 4 aromatic heterocycles. The van der Waals surface area contributed by atoms with Crippen LogP contribution in [0.1, 0.15) is 23.7 Å². The van der Waals surface area contributed by atoms with Gasteiger partial charge in [-0.15, -0.1) is 11.3 Å². The van der Waals surface area contributed by atoms with Crippen molar-refractivity contribution in [2.75, 3.05) is 53.0 Å². The summed E-state index contributed by atoms with van der Waals surface area (Å²) in [4.78, 5) is 27.2. The SMILES string of the molecule is CCOC(=O)[C@H](Oc1ncnc2sc(-c3ccc(F)o3)c(-c3ccc(OCCN4CCN(C)CC4)c(Cl)c3C)c12)C(F)(F)c1ccccc1OCc1ccnn1CC(F)(F)F. The Morgan fingerprint density at radius 2 is 1.75 bits per heavy atom. The van der Waals surface area contributed by atoms with Gasteiger partial charge in [-0.2, -0.15) is 31.4 Å². The fourth-order valence-electron chi connectivity index (χ4n) is 6.82. The number of thiophene rings is 1. The van der Waals surface area contributed by atoms with E-state index >= 15 is 8.78 Å². The lowest BCUT2D eigenvalue weighted by Gasteiger charge is -2.32. The predicted octanol–water partition coefficient (Wildman–Crippen LogP) is 8.79. The number of alkyl halides is 5. The Bertz CT molecular complexity index is 2490. The number of ether oxygens (including phenoxy) is 4. The molecule has 0 unspecified atom stereocenters. The summed E-state index contributed by atoms with van der Waals surface area (Å²) < 4.78 is 117. The lowest BCUT2D eigenvalue weighted by molar-refractivity contribution is -0.174. The maximum absolute atomic E-state index is 17.0. The Balaban J connectivity index is 1.26. The average Bonchev–Trinajstić information content (AvgIpc) is 3.96. The molecule has 1 saturated heterocycles. The second kappa shape index (κ2) is 18.3. The zero-order valence-electron chi connectivity index (χ0n) is 33.0. The molecule has 0 N–H and O–H groups in total. The molecule has 1 aliphatic rings. The number of likely N-dealkylation sites (N-methyl/N-ethyl adjacent to an activating group) is 1. The van der Waals surface area contributed by atoms with Crippen LogP contribution in [0.2, 0.25) is 5.02 Å². The first-order valence-electron chi connectivity index (χ1n) is 19.0. The summed E-state index contributed by atoms with van der Waals surface area (Å²) in [5.41, 5.74) is 0.380. The molecule has 7 rings (SSSR count). The number of carbonyl (C=O) groups excluding carboxylic acids is 1. The van der Waals surface area contributed by atoms with Gasteiger partial charge in [0.05, 0.1) is 33.2 Å². The standard InChI is InChI=1S/C41H39ClF6N6O6S/c1-4-56-39(55)36(41(47,48)27-7-5-6-8-28(27)58-21-25-13-14-51-54(25)22-40(44,45)46)60-37-33-32(35(30-11-12-31(43)59-30)61-38(33)50-23-49-37)26-9-10-29(34(42)24(26)2)57-20-19-53-17-15-52(3)16-18-53/h5-14,23,36H,4,15-22H2,1-3H3/t36-/m0/s1. The van der Waals surface area contributed by atoms with Gasteiger partial charge in [0.2, 0.25) is 5.88 Å². The van der Waals surface area contributed by atoms with Crippen LogP contribution in [-0.4, -0.2) is 101 Å². The number of hydrogen-bond donors (Lipinski definition) is 0. The first-order chi connectivity index (χ1) is 29.1. The van der Waals surface area contributed by atoms with E-state index in [2.05, 4.69) is 31.9 Å². The number of rotatable bonds is 16. The van der Waals surface area contributed by atoms with Crippen molar-refractivity contribution in [2.24, 2.45) is 0 Å². The number of nitrogens with zero attached hydrogens (tertiary/aromatic N) is 6. The number of hydrogen-bond acceptors (Lipinski definition) is 12. The smallest absolute Gasteiger partial charge is 0.408 e. The second-order valence-electron chi connectivity index (χ2n) is 14.1. The second-order valence-corrected chi connectivity index (χ2v) is 15.4. The van der Waals surface area contributed by atoms with E-state index in [9.17, 15) is 22.4 Å². The third kappa shape index (κ3) is 9.74. The number of halogens is 7. The average molecular weight is 893 g/mol. The van der Waals surface area contributed by atoms with Gasteiger partial charge >= 0.3 is 18.1 Å². The minimum Gasteiger partial charge on any atom is -0.491 e. The molecular formula is C41H39ClF6N6O6S. The molecule has 0 amide bonds. The zero-order chi connectivity index (χ0) is 43.5. The minimum absolute atomic E-state index is 0.0464. The number of furan rings is 1. The monoisotopic (exact) mass is 892 g/mol. The summed E-state index contributed by atoms with van der Waals surface area (Å²) in [5.74, 6) is -6.09. The van der Waals surface area contributed by atoms with Gasteiger partial charge in [-0.3, -0.25) is 9.58 Å². The molecule has 2 aromatic carbocycles. The molecule has 1 aliphatic heterocycles. The normalized spacial score (nSPS) is 14.7. The van der Waals surface area contributed by atoms with E-state index in [4.69, 9.17) is 35.0 Å². The van der Waals surface area contributed by atoms with Gasteiger partial charge < -0.3 is 28.3 Å². The van der Waals surface area contributed by atoms with E-state index < -0.39 is 60.5 Å². The number of esters is 1. The van der Waals surface area contributed by atoms with Crippen molar-refractivity contribution < 1.29 is 54.5 Å². The van der Waals surface area contributed by atoms with Crippen LogP contribution in [0, 0.1) is 12.9 Å². The highest BCUT2D eigenvalue weighted by atomic mass is 35.5. The van der Waals surface area contributed by atoms with Gasteiger partial charge in [-0.25, -0.2) is 14.8 Å². The molecule has 6 aromatic rings. The highest BCUT2D eigenvalue weighted by molar-refractivity contribution is 7.22. The molecule has 324 valence electrons. The quantitative estimate of drug-likeness (QED) is 0.0686. The van der Waals surface area contributed by atoms with Crippen LogP contribution in [0.3, 0.4) is 0 Å². The minimum atomic E-state index is -4.60. The molecule has 0 spiro atoms. The molecule has 61 heavy (non-hydrogen) atoms. The van der Waals surface area contributed by atoms with E-state index in [0.717, 1.165) is 62.2 Å². The molecule has 1 atom stereocenters. The summed E-state index contributed by atoms with van der Waals surface area (Å²) in [5, 5.41) is 4.00. The van der Waals surface area contributed by atoms with Crippen molar-refractivity contribution in [3.8, 4) is 39.1 Å². The summed E-state index contributed by atoms with van der Waals surface area (Å²) >= 11 is 7.97. The molecule has 0 bridgehead atoms. The summed E-state index contributed by atoms with van der Waals surface area (Å²) in [6, 6.07) is 11.1. The largest absolute Gasteiger partial charge is 0.491 e. The van der Waals surface area contributed by atoms with Gasteiger partial charge in [-0.05, 0) is 62.4 Å². The predicted molar refractivity (Wildman–Crippen MR) is 214 cm³/mol. The van der Waals surface area contributed by atoms with Crippen LogP contribution in [0.15, 0.2) is 71.5 Å². The van der Waals surface area contributed by atoms with E-state index in [1.807, 2.05) is 0 Å². The zero-order valence-corrected chi connectivity index (χ0v) is 34.6. The first-order valence-corrected chi connectivity index (χ1v) is 20.2. The third-order valence-electron chi connectivity index (χ3n) is 9.95. The van der Waals surface area contributed by atoms with Gasteiger partial charge in [0.15, 0.2) is 0 Å². The maximum atomic E-state index is 17.0. The van der Waals surface area contributed by atoms with Gasteiger partial charge in [0.25, 0.3) is 12.1 Å². The summed E-state index contributed by atoms with van der Waals surface area (Å²) in [6.45, 7) is 5.62. The third-order valence-corrected chi connectivity index (χ3v) is 11.5. The Labute approximate surface area is 354 Å². The van der Waals surface area contributed by atoms with Gasteiger partial charge in [0, 0.05) is 50.6 Å². The van der Waals surface area contributed by atoms with Gasteiger partial charge in [-0.1, -0.05) is 29.8 Å². The maximum Gasteiger partial charge on any atom is 0.408 e. The van der Waals surface area contributed by atoms with Crippen molar-refractivity contribution in [3.05, 3.63) is 95.0 Å². The molecule has 5 heterocycles. The number of benzene rings is 2. The fourth-order valence-corrected chi connectivity index (χ4v) is 8.15.